The van der Waals surface area contributed by atoms with E-state index in [9.17, 15) is 0 Å². The maximum Gasteiger partial charge on any atom is 0.165 e. The van der Waals surface area contributed by atoms with Gasteiger partial charge in [-0.15, -0.1) is 11.3 Å². The predicted octanol–water partition coefficient (Wildman–Crippen LogP) is 5.43. The average Bonchev–Trinajstić information content (AvgIpc) is 3.33. The summed E-state index contributed by atoms with van der Waals surface area (Å²) in [4.78, 5) is 7.25. The number of thiazole rings is 1. The highest BCUT2D eigenvalue weighted by molar-refractivity contribution is 7.21. The molecule has 5 rings (SSSR count). The van der Waals surface area contributed by atoms with Gasteiger partial charge in [0.15, 0.2) is 11.5 Å². The van der Waals surface area contributed by atoms with Crippen molar-refractivity contribution in [1.82, 2.24) is 9.88 Å². The minimum atomic E-state index is 0.661. The van der Waals surface area contributed by atoms with Crippen LogP contribution in [0.15, 0.2) is 53.2 Å². The first-order valence-corrected chi connectivity index (χ1v) is 11.0. The van der Waals surface area contributed by atoms with E-state index in [1.807, 2.05) is 12.1 Å². The fraction of sp³-hybridized carbons (Fsp3) is 0.227. The molecule has 2 aromatic heterocycles. The normalized spacial score (nSPS) is 14.5. The first-order chi connectivity index (χ1) is 13.8. The molecule has 1 aliphatic rings. The second kappa shape index (κ2) is 7.54. The minimum absolute atomic E-state index is 0.661. The van der Waals surface area contributed by atoms with Gasteiger partial charge in [0.2, 0.25) is 0 Å². The molecule has 0 fully saturated rings. The molecule has 0 amide bonds. The maximum absolute atomic E-state index is 6.09. The van der Waals surface area contributed by atoms with Gasteiger partial charge < -0.3 is 9.47 Å². The van der Waals surface area contributed by atoms with Crippen LogP contribution >= 0.6 is 22.7 Å². The van der Waals surface area contributed by atoms with Crippen molar-refractivity contribution >= 4 is 32.9 Å². The minimum Gasteiger partial charge on any atom is -0.493 e. The van der Waals surface area contributed by atoms with Crippen LogP contribution in [0.5, 0.6) is 11.5 Å². The van der Waals surface area contributed by atoms with Crippen molar-refractivity contribution in [2.24, 2.45) is 0 Å². The Kier molecular flexibility index (Phi) is 4.76. The molecule has 4 aromatic rings. The number of rotatable bonds is 4. The Morgan fingerprint density at radius 1 is 1.21 bits per heavy atom. The van der Waals surface area contributed by atoms with Crippen LogP contribution in [0, 0.1) is 0 Å². The SMILES string of the molecule is COc1cc(-c2nc3ccccc3s2)cc2c1OCCN(Cc1ccsc1)C2. The Morgan fingerprint density at radius 2 is 2.14 bits per heavy atom. The van der Waals surface area contributed by atoms with E-state index in [0.29, 0.717) is 6.61 Å². The van der Waals surface area contributed by atoms with Gasteiger partial charge in [0.25, 0.3) is 0 Å². The zero-order valence-electron chi connectivity index (χ0n) is 15.6. The summed E-state index contributed by atoms with van der Waals surface area (Å²) in [6.45, 7) is 3.32. The number of thiophene rings is 1. The molecule has 0 saturated heterocycles. The van der Waals surface area contributed by atoms with E-state index in [4.69, 9.17) is 14.5 Å². The first kappa shape index (κ1) is 17.7. The summed E-state index contributed by atoms with van der Waals surface area (Å²) in [5.41, 5.74) is 4.62. The van der Waals surface area contributed by atoms with Crippen LogP contribution in [0.3, 0.4) is 0 Å². The number of para-hydroxylation sites is 1. The highest BCUT2D eigenvalue weighted by Crippen LogP contribution is 2.40. The molecule has 0 unspecified atom stereocenters. The number of hydrogen-bond acceptors (Lipinski definition) is 6. The second-order valence-electron chi connectivity index (χ2n) is 6.84. The number of aromatic nitrogens is 1. The fourth-order valence-corrected chi connectivity index (χ4v) is 5.20. The van der Waals surface area contributed by atoms with Crippen LogP contribution in [-0.4, -0.2) is 30.1 Å². The third-order valence-corrected chi connectivity index (χ3v) is 6.74. The largest absolute Gasteiger partial charge is 0.493 e. The number of nitrogens with zero attached hydrogens (tertiary/aromatic N) is 2. The summed E-state index contributed by atoms with van der Waals surface area (Å²) >= 11 is 3.45. The number of fused-ring (bicyclic) bond motifs is 2. The molecule has 4 nitrogen and oxygen atoms in total. The van der Waals surface area contributed by atoms with Gasteiger partial charge in [-0.1, -0.05) is 12.1 Å². The molecular weight excluding hydrogens is 388 g/mol. The lowest BCUT2D eigenvalue weighted by atomic mass is 10.1. The van der Waals surface area contributed by atoms with E-state index in [1.54, 1.807) is 29.8 Å². The molecule has 2 aromatic carbocycles. The average molecular weight is 409 g/mol. The Bertz CT molecular complexity index is 1070. The van der Waals surface area contributed by atoms with Crippen molar-refractivity contribution in [2.75, 3.05) is 20.3 Å². The van der Waals surface area contributed by atoms with Gasteiger partial charge in [-0.05, 0) is 46.7 Å². The first-order valence-electron chi connectivity index (χ1n) is 9.23. The van der Waals surface area contributed by atoms with Gasteiger partial charge in [0.05, 0.1) is 17.3 Å². The van der Waals surface area contributed by atoms with E-state index in [-0.39, 0.29) is 0 Å². The van der Waals surface area contributed by atoms with Crippen molar-refractivity contribution in [3.8, 4) is 22.1 Å². The Hall–Kier alpha value is -2.41. The van der Waals surface area contributed by atoms with Crippen LogP contribution in [0.4, 0.5) is 0 Å². The molecule has 0 atom stereocenters. The van der Waals surface area contributed by atoms with E-state index in [2.05, 4.69) is 46.0 Å². The predicted molar refractivity (Wildman–Crippen MR) is 116 cm³/mol. The van der Waals surface area contributed by atoms with Crippen molar-refractivity contribution in [1.29, 1.82) is 0 Å². The maximum atomic E-state index is 6.09. The molecule has 0 aliphatic carbocycles. The van der Waals surface area contributed by atoms with Crippen molar-refractivity contribution in [3.63, 3.8) is 0 Å². The second-order valence-corrected chi connectivity index (χ2v) is 8.65. The quantitative estimate of drug-likeness (QED) is 0.451. The number of benzene rings is 2. The van der Waals surface area contributed by atoms with Gasteiger partial charge in [-0.2, -0.15) is 11.3 Å². The molecule has 1 aliphatic heterocycles. The number of ether oxygens (including phenoxy) is 2. The monoisotopic (exact) mass is 408 g/mol. The molecule has 3 heterocycles. The summed E-state index contributed by atoms with van der Waals surface area (Å²) in [6.07, 6.45) is 0. The summed E-state index contributed by atoms with van der Waals surface area (Å²) in [6, 6.07) is 14.7. The number of hydrogen-bond donors (Lipinski definition) is 0. The molecular formula is C22H20N2O2S2. The van der Waals surface area contributed by atoms with E-state index in [1.165, 1.54) is 10.3 Å². The highest BCUT2D eigenvalue weighted by atomic mass is 32.1. The van der Waals surface area contributed by atoms with Gasteiger partial charge >= 0.3 is 0 Å². The Balaban J connectivity index is 1.53. The van der Waals surface area contributed by atoms with E-state index < -0.39 is 0 Å². The van der Waals surface area contributed by atoms with Crippen molar-refractivity contribution < 1.29 is 9.47 Å². The zero-order valence-corrected chi connectivity index (χ0v) is 17.2. The lowest BCUT2D eigenvalue weighted by Crippen LogP contribution is -2.24. The summed E-state index contributed by atoms with van der Waals surface area (Å²) in [5.74, 6) is 1.64. The topological polar surface area (TPSA) is 34.6 Å². The lowest BCUT2D eigenvalue weighted by molar-refractivity contribution is 0.217. The van der Waals surface area contributed by atoms with Crippen molar-refractivity contribution in [3.05, 3.63) is 64.4 Å². The molecule has 0 N–H and O–H groups in total. The third-order valence-electron chi connectivity index (χ3n) is 4.93. The van der Waals surface area contributed by atoms with E-state index >= 15 is 0 Å². The van der Waals surface area contributed by atoms with E-state index in [0.717, 1.165) is 52.8 Å². The highest BCUT2D eigenvalue weighted by Gasteiger charge is 2.21. The third kappa shape index (κ3) is 3.39. The van der Waals surface area contributed by atoms with Gasteiger partial charge in [-0.3, -0.25) is 4.90 Å². The molecule has 0 bridgehead atoms. The van der Waals surface area contributed by atoms with Crippen LogP contribution in [-0.2, 0) is 13.1 Å². The zero-order chi connectivity index (χ0) is 18.9. The number of methoxy groups -OCH3 is 1. The summed E-state index contributed by atoms with van der Waals surface area (Å²) in [7, 11) is 1.70. The molecule has 6 heteroatoms. The fourth-order valence-electron chi connectivity index (χ4n) is 3.58. The lowest BCUT2D eigenvalue weighted by Gasteiger charge is -2.19. The molecule has 0 radical (unpaired) electrons. The van der Waals surface area contributed by atoms with Crippen LogP contribution < -0.4 is 9.47 Å². The van der Waals surface area contributed by atoms with Gasteiger partial charge in [0, 0.05) is 30.8 Å². The van der Waals surface area contributed by atoms with Gasteiger partial charge in [-0.25, -0.2) is 4.98 Å². The Morgan fingerprint density at radius 3 is 2.96 bits per heavy atom. The summed E-state index contributed by atoms with van der Waals surface area (Å²) in [5, 5.41) is 5.35. The van der Waals surface area contributed by atoms with Crippen LogP contribution in [0.25, 0.3) is 20.8 Å². The van der Waals surface area contributed by atoms with Gasteiger partial charge in [0.1, 0.15) is 11.6 Å². The van der Waals surface area contributed by atoms with Crippen LogP contribution in [0.1, 0.15) is 11.1 Å². The standard InChI is InChI=1S/C22H20N2O2S2/c1-25-19-11-16(22-23-18-4-2-3-5-20(18)28-22)10-17-13-24(7-8-26-21(17)19)12-15-6-9-27-14-15/h2-6,9-11,14H,7-8,12-13H2,1H3. The molecule has 0 saturated carbocycles. The summed E-state index contributed by atoms with van der Waals surface area (Å²) < 4.78 is 13.0. The van der Waals surface area contributed by atoms with Crippen molar-refractivity contribution in [2.45, 2.75) is 13.1 Å². The smallest absolute Gasteiger partial charge is 0.165 e. The van der Waals surface area contributed by atoms with Crippen LogP contribution in [0.2, 0.25) is 0 Å². The molecule has 28 heavy (non-hydrogen) atoms. The molecule has 0 spiro atoms. The molecule has 142 valence electrons. The Labute approximate surface area is 172 Å².